The molecule has 210 valence electrons. The smallest absolute Gasteiger partial charge is 0.414 e. The van der Waals surface area contributed by atoms with Crippen LogP contribution in [0.1, 0.15) is 71.6 Å². The van der Waals surface area contributed by atoms with Crippen molar-refractivity contribution in [3.05, 3.63) is 24.3 Å². The topological polar surface area (TPSA) is 135 Å². The maximum Gasteiger partial charge on any atom is 0.414 e. The van der Waals surface area contributed by atoms with Gasteiger partial charge in [-0.25, -0.2) is 14.4 Å². The molecule has 2 rings (SSSR count). The minimum absolute atomic E-state index is 0.271. The van der Waals surface area contributed by atoms with E-state index in [4.69, 9.17) is 34.0 Å². The molecule has 0 radical (unpaired) electrons. The van der Waals surface area contributed by atoms with Gasteiger partial charge in [0.15, 0.2) is 0 Å². The number of unbranched alkanes of at least 4 members (excludes halogenated alkanes) is 4. The molecule has 10 heteroatoms. The van der Waals surface area contributed by atoms with E-state index in [9.17, 15) is 4.79 Å². The highest BCUT2D eigenvalue weighted by molar-refractivity contribution is 6.27. The summed E-state index contributed by atoms with van der Waals surface area (Å²) in [4.78, 5) is 33.1. The molecular formula is C27H44N2O8. The van der Waals surface area contributed by atoms with Gasteiger partial charge in [0.25, 0.3) is 0 Å². The number of amides is 1. The van der Waals surface area contributed by atoms with Crippen molar-refractivity contribution in [2.75, 3.05) is 44.8 Å². The molecule has 0 saturated carbocycles. The summed E-state index contributed by atoms with van der Waals surface area (Å²) < 4.78 is 17.2. The van der Waals surface area contributed by atoms with Gasteiger partial charge in [0.2, 0.25) is 0 Å². The third kappa shape index (κ3) is 16.5. The third-order valence-electron chi connectivity index (χ3n) is 5.62. The van der Waals surface area contributed by atoms with E-state index in [0.717, 1.165) is 38.2 Å². The highest BCUT2D eigenvalue weighted by Crippen LogP contribution is 2.19. The van der Waals surface area contributed by atoms with Crippen LogP contribution >= 0.6 is 0 Å². The van der Waals surface area contributed by atoms with E-state index in [0.29, 0.717) is 25.5 Å². The van der Waals surface area contributed by atoms with Gasteiger partial charge >= 0.3 is 18.0 Å². The second kappa shape index (κ2) is 20.2. The van der Waals surface area contributed by atoms with E-state index in [1.807, 2.05) is 24.3 Å². The molecule has 1 unspecified atom stereocenters. The van der Waals surface area contributed by atoms with Gasteiger partial charge in [-0.1, -0.05) is 52.0 Å². The number of hydrogen-bond donors (Lipinski definition) is 3. The standard InChI is InChI=1S/C25H42N2O4.C2H2O4/c1-3-5-6-7-11-18-30-23-14-12-13-22(19-23)26-25(28)31-24(21-29-17-4-2)20-27-15-9-8-10-16-27;3-1(4)2(5)6/h12-14,19,24H,3-11,15-18,20-21H2,1-2H3,(H,26,28);(H,3,4)(H,5,6). The van der Waals surface area contributed by atoms with Gasteiger partial charge in [-0.3, -0.25) is 10.2 Å². The Hall–Kier alpha value is -2.85. The van der Waals surface area contributed by atoms with Gasteiger partial charge in [0.1, 0.15) is 11.9 Å². The lowest BCUT2D eigenvalue weighted by Crippen LogP contribution is -2.41. The maximum absolute atomic E-state index is 12.5. The summed E-state index contributed by atoms with van der Waals surface area (Å²) in [5.41, 5.74) is 0.680. The molecular weight excluding hydrogens is 480 g/mol. The molecule has 1 atom stereocenters. The van der Waals surface area contributed by atoms with Gasteiger partial charge in [0.05, 0.1) is 13.2 Å². The van der Waals surface area contributed by atoms with Crippen LogP contribution in [0.4, 0.5) is 10.5 Å². The van der Waals surface area contributed by atoms with Crippen LogP contribution in [0.5, 0.6) is 5.75 Å². The first kappa shape index (κ1) is 32.2. The van der Waals surface area contributed by atoms with Gasteiger partial charge in [-0.15, -0.1) is 0 Å². The zero-order valence-electron chi connectivity index (χ0n) is 22.3. The number of nitrogens with one attached hydrogen (secondary N) is 1. The Kier molecular flexibility index (Phi) is 17.6. The lowest BCUT2D eigenvalue weighted by molar-refractivity contribution is -0.159. The number of rotatable bonds is 15. The summed E-state index contributed by atoms with van der Waals surface area (Å²) in [5.74, 6) is -2.88. The summed E-state index contributed by atoms with van der Waals surface area (Å²) in [7, 11) is 0. The Balaban J connectivity index is 0.00000102. The van der Waals surface area contributed by atoms with Crippen molar-refractivity contribution in [1.29, 1.82) is 0 Å². The SMILES string of the molecule is CCCCCCCOc1cccc(NC(=O)OC(COCCC)CN2CCCCC2)c1.O=C(O)C(=O)O. The summed E-state index contributed by atoms with van der Waals surface area (Å²) in [6.45, 7) is 8.95. The van der Waals surface area contributed by atoms with E-state index >= 15 is 0 Å². The zero-order valence-corrected chi connectivity index (χ0v) is 22.3. The van der Waals surface area contributed by atoms with E-state index in [1.165, 1.54) is 44.9 Å². The van der Waals surface area contributed by atoms with Gasteiger partial charge in [0, 0.05) is 24.9 Å². The highest BCUT2D eigenvalue weighted by Gasteiger charge is 2.20. The molecule has 1 aromatic rings. The van der Waals surface area contributed by atoms with Crippen LogP contribution in [0.15, 0.2) is 24.3 Å². The van der Waals surface area contributed by atoms with Crippen molar-refractivity contribution in [2.24, 2.45) is 0 Å². The predicted octanol–water partition coefficient (Wildman–Crippen LogP) is 5.02. The second-order valence-electron chi connectivity index (χ2n) is 8.99. The molecule has 37 heavy (non-hydrogen) atoms. The first-order valence-electron chi connectivity index (χ1n) is 13.3. The predicted molar refractivity (Wildman–Crippen MR) is 141 cm³/mol. The molecule has 0 aliphatic carbocycles. The van der Waals surface area contributed by atoms with E-state index in [2.05, 4.69) is 24.1 Å². The van der Waals surface area contributed by atoms with Crippen LogP contribution in [-0.2, 0) is 19.1 Å². The fraction of sp³-hybridized carbons (Fsp3) is 0.667. The van der Waals surface area contributed by atoms with E-state index in [1.54, 1.807) is 0 Å². The first-order valence-corrected chi connectivity index (χ1v) is 13.3. The lowest BCUT2D eigenvalue weighted by Gasteiger charge is -2.30. The minimum Gasteiger partial charge on any atom is -0.494 e. The number of aliphatic carboxylic acids is 2. The van der Waals surface area contributed by atoms with Crippen LogP contribution in [0.3, 0.4) is 0 Å². The minimum atomic E-state index is -1.82. The van der Waals surface area contributed by atoms with Crippen molar-refractivity contribution in [3.63, 3.8) is 0 Å². The average molecular weight is 525 g/mol. The number of carboxylic acids is 2. The molecule has 1 amide bonds. The highest BCUT2D eigenvalue weighted by atomic mass is 16.6. The Bertz CT molecular complexity index is 771. The van der Waals surface area contributed by atoms with Crippen molar-refractivity contribution in [3.8, 4) is 5.75 Å². The normalized spacial score (nSPS) is 14.1. The average Bonchev–Trinajstić information content (AvgIpc) is 2.87. The van der Waals surface area contributed by atoms with Crippen LogP contribution in [0.2, 0.25) is 0 Å². The number of piperidine rings is 1. The summed E-state index contributed by atoms with van der Waals surface area (Å²) in [5, 5.41) is 17.6. The molecule has 1 aliphatic heterocycles. The number of benzene rings is 1. The number of carbonyl (C=O) groups is 3. The largest absolute Gasteiger partial charge is 0.494 e. The first-order chi connectivity index (χ1) is 17.8. The molecule has 0 spiro atoms. The summed E-state index contributed by atoms with van der Waals surface area (Å²) in [6, 6.07) is 7.50. The number of carboxylic acid groups (broad SMARTS) is 2. The van der Waals surface area contributed by atoms with Crippen molar-refractivity contribution >= 4 is 23.7 Å². The van der Waals surface area contributed by atoms with Crippen LogP contribution < -0.4 is 10.1 Å². The molecule has 10 nitrogen and oxygen atoms in total. The molecule has 1 heterocycles. The number of anilines is 1. The zero-order chi connectivity index (χ0) is 27.3. The molecule has 0 bridgehead atoms. The number of nitrogens with zero attached hydrogens (tertiary/aromatic N) is 1. The summed E-state index contributed by atoms with van der Waals surface area (Å²) >= 11 is 0. The molecule has 1 aromatic carbocycles. The third-order valence-corrected chi connectivity index (χ3v) is 5.62. The number of carbonyl (C=O) groups excluding carboxylic acids is 1. The van der Waals surface area contributed by atoms with Crippen LogP contribution in [0, 0.1) is 0 Å². The van der Waals surface area contributed by atoms with E-state index in [-0.39, 0.29) is 6.10 Å². The second-order valence-corrected chi connectivity index (χ2v) is 8.99. The fourth-order valence-corrected chi connectivity index (χ4v) is 3.77. The van der Waals surface area contributed by atoms with Gasteiger partial charge < -0.3 is 24.4 Å². The van der Waals surface area contributed by atoms with E-state index < -0.39 is 18.0 Å². The monoisotopic (exact) mass is 524 g/mol. The molecule has 1 saturated heterocycles. The van der Waals surface area contributed by atoms with Crippen LogP contribution in [-0.4, -0.2) is 78.7 Å². The van der Waals surface area contributed by atoms with Crippen molar-refractivity contribution < 1.29 is 38.8 Å². The Morgan fingerprint density at radius 3 is 2.30 bits per heavy atom. The molecule has 3 N–H and O–H groups in total. The Morgan fingerprint density at radius 1 is 0.946 bits per heavy atom. The van der Waals surface area contributed by atoms with Gasteiger partial charge in [-0.2, -0.15) is 0 Å². The fourth-order valence-electron chi connectivity index (χ4n) is 3.77. The Labute approximate surface area is 220 Å². The maximum atomic E-state index is 12.5. The number of ether oxygens (including phenoxy) is 3. The summed E-state index contributed by atoms with van der Waals surface area (Å²) in [6.07, 6.45) is 9.96. The van der Waals surface area contributed by atoms with Crippen molar-refractivity contribution in [1.82, 2.24) is 4.90 Å². The van der Waals surface area contributed by atoms with Crippen LogP contribution in [0.25, 0.3) is 0 Å². The molecule has 1 aliphatic rings. The lowest BCUT2D eigenvalue weighted by atomic mass is 10.1. The number of hydrogen-bond acceptors (Lipinski definition) is 7. The molecule has 0 aromatic heterocycles. The Morgan fingerprint density at radius 2 is 1.65 bits per heavy atom. The van der Waals surface area contributed by atoms with Gasteiger partial charge in [-0.05, 0) is 50.9 Å². The quantitative estimate of drug-likeness (QED) is 0.213. The van der Waals surface area contributed by atoms with Crippen molar-refractivity contribution in [2.45, 2.75) is 77.7 Å². The number of likely N-dealkylation sites (tertiary alicyclic amines) is 1. The molecule has 1 fully saturated rings.